The number of aromatic hydroxyl groups is 1. The molecule has 8 amide bonds. The van der Waals surface area contributed by atoms with Crippen LogP contribution in [0.3, 0.4) is 0 Å². The summed E-state index contributed by atoms with van der Waals surface area (Å²) in [6, 6.07) is -6.71. The van der Waals surface area contributed by atoms with Gasteiger partial charge in [-0.15, -0.1) is 11.8 Å². The van der Waals surface area contributed by atoms with E-state index < -0.39 is 157 Å². The van der Waals surface area contributed by atoms with E-state index in [0.29, 0.717) is 36.4 Å². The zero-order chi connectivity index (χ0) is 60.1. The molecule has 4 rings (SSSR count). The van der Waals surface area contributed by atoms with E-state index in [1.54, 1.807) is 0 Å². The van der Waals surface area contributed by atoms with Crippen molar-refractivity contribution < 1.29 is 79.2 Å². The number of phenols is 1. The van der Waals surface area contributed by atoms with Gasteiger partial charge in [0.15, 0.2) is 0 Å². The van der Waals surface area contributed by atoms with E-state index in [4.69, 9.17) is 11.5 Å². The van der Waals surface area contributed by atoms with Crippen LogP contribution in [0.15, 0.2) is 24.3 Å². The highest BCUT2D eigenvalue weighted by atomic mass is 32.2. The van der Waals surface area contributed by atoms with Crippen LogP contribution in [0.4, 0.5) is 0 Å². The number of nitrogens with one attached hydrogen (secondary N) is 6. The zero-order valence-corrected chi connectivity index (χ0v) is 47.8. The highest BCUT2D eigenvalue weighted by Crippen LogP contribution is 2.28. The monoisotopic (exact) mass is 1170 g/mol. The van der Waals surface area contributed by atoms with Gasteiger partial charge in [-0.2, -0.15) is 0 Å². The highest BCUT2D eigenvalue weighted by molar-refractivity contribution is 8.00. The summed E-state index contributed by atoms with van der Waals surface area (Å²) in [5.41, 5.74) is 11.3. The maximum Gasteiger partial charge on any atom is 0.248 e. The van der Waals surface area contributed by atoms with Crippen LogP contribution in [-0.4, -0.2) is 215 Å². The molecule has 0 aromatic heterocycles. The van der Waals surface area contributed by atoms with E-state index >= 15 is 0 Å². The number of phenolic OH excluding ortho intramolecular Hbond substituents is 1. The van der Waals surface area contributed by atoms with Crippen molar-refractivity contribution in [3.63, 3.8) is 0 Å². The molecule has 458 valence electrons. The van der Waals surface area contributed by atoms with Crippen molar-refractivity contribution in [2.75, 3.05) is 38.5 Å². The first-order valence-corrected chi connectivity index (χ1v) is 29.4. The highest BCUT2D eigenvalue weighted by Gasteiger charge is 2.49. The summed E-state index contributed by atoms with van der Waals surface area (Å²) in [7, 11) is 0. The molecule has 81 heavy (non-hydrogen) atoms. The van der Waals surface area contributed by atoms with Crippen LogP contribution in [0, 0.1) is 11.8 Å². The van der Waals surface area contributed by atoms with E-state index in [2.05, 4.69) is 52.7 Å². The van der Waals surface area contributed by atoms with Crippen molar-refractivity contribution in [2.24, 2.45) is 23.3 Å². The van der Waals surface area contributed by atoms with Crippen LogP contribution >= 0.6 is 11.8 Å². The van der Waals surface area contributed by atoms with Crippen molar-refractivity contribution in [2.45, 2.75) is 202 Å². The third-order valence-electron chi connectivity index (χ3n) is 15.2. The van der Waals surface area contributed by atoms with Crippen LogP contribution in [0.2, 0.25) is 0 Å². The average molecular weight is 1170 g/mol. The molecular weight excluding hydrogens is 1080 g/mol. The number of benzene rings is 1. The van der Waals surface area contributed by atoms with Crippen molar-refractivity contribution in [1.82, 2.24) is 41.7 Å². The molecule has 0 saturated carbocycles. The summed E-state index contributed by atoms with van der Waals surface area (Å²) in [6.45, 7) is 6.81. The minimum Gasteiger partial charge on any atom is -0.508 e. The minimum atomic E-state index is -2.30. The topological polar surface area (TPSA) is 429 Å². The number of hydrogen-bond donors (Lipinski definition) is 16. The number of unbranched alkanes of at least 4 members (excludes halogenated alkanes) is 5. The van der Waals surface area contributed by atoms with Gasteiger partial charge in [-0.3, -0.25) is 38.4 Å². The van der Waals surface area contributed by atoms with Crippen molar-refractivity contribution >= 4 is 59.0 Å². The van der Waals surface area contributed by atoms with Gasteiger partial charge in [-0.05, 0) is 68.7 Å². The number of amides is 8. The number of carbonyl (C=O) groups excluding carboxylic acids is 8. The Kier molecular flexibility index (Phi) is 28.5. The molecule has 16 atom stereocenters. The second kappa shape index (κ2) is 33.8. The van der Waals surface area contributed by atoms with E-state index in [1.807, 2.05) is 0 Å². The van der Waals surface area contributed by atoms with Gasteiger partial charge in [0.2, 0.25) is 47.3 Å². The molecule has 26 nitrogen and oxygen atoms in total. The van der Waals surface area contributed by atoms with Gasteiger partial charge < -0.3 is 94.0 Å². The predicted molar refractivity (Wildman–Crippen MR) is 298 cm³/mol. The SMILES string of the molecule is CCC(C)CC(C)CCCCCCCCC(=O)NC1C[C@@H](O)C(SCC(=O)NCCN)NC(=O)[C@@H]2[C@@H](O)CCN2C(=O)C([C@H](O)CCN)NC(=O)[C@H]([C@H](O)[C@@H](O)c2ccc(O)cc2)NC(=O)C2C[C@@H](O)CN2C(=O)C([C@@H](C)O)NC1=O. The van der Waals surface area contributed by atoms with Gasteiger partial charge in [0.25, 0.3) is 0 Å². The molecule has 0 spiro atoms. The van der Waals surface area contributed by atoms with Crippen LogP contribution in [0.25, 0.3) is 0 Å². The second-order valence-corrected chi connectivity index (χ2v) is 23.0. The molecule has 3 fully saturated rings. The van der Waals surface area contributed by atoms with E-state index in [1.165, 1.54) is 18.6 Å². The number of nitrogens with zero attached hydrogens (tertiary/aromatic N) is 2. The van der Waals surface area contributed by atoms with Crippen LogP contribution < -0.4 is 43.4 Å². The van der Waals surface area contributed by atoms with Gasteiger partial charge in [0.05, 0.1) is 36.3 Å². The largest absolute Gasteiger partial charge is 0.508 e. The first kappa shape index (κ1) is 68.3. The normalized spacial score (nSPS) is 27.7. The second-order valence-electron chi connectivity index (χ2n) is 21.9. The summed E-state index contributed by atoms with van der Waals surface area (Å²) in [5, 5.41) is 103. The molecule has 0 radical (unpaired) electrons. The summed E-state index contributed by atoms with van der Waals surface area (Å²) < 4.78 is 0. The zero-order valence-electron chi connectivity index (χ0n) is 47.0. The Hall–Kier alpha value is -5.23. The van der Waals surface area contributed by atoms with Crippen LogP contribution in [0.1, 0.15) is 129 Å². The summed E-state index contributed by atoms with van der Waals surface area (Å²) in [6.07, 6.45) is -6.12. The number of fused-ring (bicyclic) bond motifs is 2. The van der Waals surface area contributed by atoms with Gasteiger partial charge in [-0.1, -0.05) is 77.8 Å². The lowest BCUT2D eigenvalue weighted by molar-refractivity contribution is -0.148. The summed E-state index contributed by atoms with van der Waals surface area (Å²) >= 11 is 0.675. The van der Waals surface area contributed by atoms with Crippen LogP contribution in [-0.2, 0) is 38.4 Å². The molecule has 0 bridgehead atoms. The molecular formula is C54H90N10O16S. The fraction of sp³-hybridized carbons (Fsp3) is 0.741. The number of hydrogen-bond acceptors (Lipinski definition) is 19. The molecule has 3 aliphatic heterocycles. The molecule has 7 unspecified atom stereocenters. The molecule has 1 aromatic carbocycles. The maximum atomic E-state index is 14.7. The molecule has 3 aliphatic rings. The van der Waals surface area contributed by atoms with Crippen molar-refractivity contribution in [1.29, 1.82) is 0 Å². The lowest BCUT2D eigenvalue weighted by Crippen LogP contribution is -2.64. The Morgan fingerprint density at radius 1 is 0.716 bits per heavy atom. The molecule has 3 saturated heterocycles. The first-order valence-electron chi connectivity index (χ1n) is 28.4. The van der Waals surface area contributed by atoms with Gasteiger partial charge in [-0.25, -0.2) is 0 Å². The minimum absolute atomic E-state index is 0.0628. The summed E-state index contributed by atoms with van der Waals surface area (Å²) in [5.74, 6) is -7.75. The fourth-order valence-electron chi connectivity index (χ4n) is 10.4. The lowest BCUT2D eigenvalue weighted by atomic mass is 9.91. The van der Waals surface area contributed by atoms with E-state index in [9.17, 15) is 79.2 Å². The Balaban J connectivity index is 1.77. The van der Waals surface area contributed by atoms with Gasteiger partial charge in [0, 0.05) is 45.4 Å². The lowest BCUT2D eigenvalue weighted by Gasteiger charge is -2.35. The smallest absolute Gasteiger partial charge is 0.248 e. The fourth-order valence-corrected chi connectivity index (χ4v) is 11.3. The standard InChI is InChI=1S/C54H90N10O16S/c1-5-29(2)24-30(3)12-10-8-6-7-9-11-13-40(71)58-35-26-39(70)52(81-28-41(72)57-22-21-56)62-51(78)45-38(69)19-23-63(45)54(80)43(37(68)18-20-55)60-50(77)44(47(74)46(73)32-14-16-33(66)17-15-32)61-49(76)36-25-34(67)27-64(36)53(79)42(31(4)65)59-48(35)75/h14-17,29-31,34-39,42-47,52,65-70,73-74H,5-13,18-28,55-56H2,1-4H3,(H,57,72)(H,58,71)(H,59,75)(H,60,77)(H,61,76)(H,62,78)/t29?,30?,31-,34-,35?,36?,37-,38+,39-,42?,43?,44+,45+,46+,47+,52?/m1/s1. The summed E-state index contributed by atoms with van der Waals surface area (Å²) in [4.78, 5) is 116. The predicted octanol–water partition coefficient (Wildman–Crippen LogP) is -3.05. The van der Waals surface area contributed by atoms with Crippen molar-refractivity contribution in [3.05, 3.63) is 29.8 Å². The third-order valence-corrected chi connectivity index (χ3v) is 16.4. The average Bonchev–Trinajstić information content (AvgIpc) is 4.05. The molecule has 18 N–H and O–H groups in total. The maximum absolute atomic E-state index is 14.7. The molecule has 1 aromatic rings. The number of aliphatic hydroxyl groups is 7. The number of nitrogens with two attached hydrogens (primary N) is 2. The van der Waals surface area contributed by atoms with Gasteiger partial charge in [0.1, 0.15) is 59.6 Å². The first-order chi connectivity index (χ1) is 38.4. The van der Waals surface area contributed by atoms with E-state index in [0.717, 1.165) is 67.4 Å². The van der Waals surface area contributed by atoms with Crippen molar-refractivity contribution in [3.8, 4) is 5.75 Å². The van der Waals surface area contributed by atoms with E-state index in [-0.39, 0.29) is 56.8 Å². The number of thioether (sulfide) groups is 1. The number of rotatable bonds is 25. The molecule has 27 heteroatoms. The van der Waals surface area contributed by atoms with Crippen LogP contribution in [0.5, 0.6) is 5.75 Å². The van der Waals surface area contributed by atoms with Gasteiger partial charge >= 0.3 is 0 Å². The number of aliphatic hydroxyl groups excluding tert-OH is 7. The Labute approximate surface area is 477 Å². The number of carbonyl (C=O) groups is 8. The Bertz CT molecular complexity index is 2220. The molecule has 3 heterocycles. The quantitative estimate of drug-likeness (QED) is 0.0433. The molecule has 0 aliphatic carbocycles. The third kappa shape index (κ3) is 20.6. The Morgan fingerprint density at radius 3 is 1.99 bits per heavy atom. The Morgan fingerprint density at radius 2 is 1.35 bits per heavy atom.